The van der Waals surface area contributed by atoms with E-state index in [-0.39, 0.29) is 5.91 Å². The van der Waals surface area contributed by atoms with Crippen molar-refractivity contribution < 1.29 is 9.53 Å². The molecule has 1 fully saturated rings. The highest BCUT2D eigenvalue weighted by molar-refractivity contribution is 5.88. The Labute approximate surface area is 107 Å². The summed E-state index contributed by atoms with van der Waals surface area (Å²) in [5, 5.41) is 0. The van der Waals surface area contributed by atoms with Crippen molar-refractivity contribution in [3.63, 3.8) is 0 Å². The highest BCUT2D eigenvalue weighted by atomic mass is 16.5. The number of carbonyl (C=O) groups is 1. The molecule has 4 nitrogen and oxygen atoms in total. The fourth-order valence-corrected chi connectivity index (χ4v) is 2.41. The van der Waals surface area contributed by atoms with E-state index in [1.54, 1.807) is 4.90 Å². The summed E-state index contributed by atoms with van der Waals surface area (Å²) in [5.74, 6) is 1.03. The van der Waals surface area contributed by atoms with Gasteiger partial charge in [0.05, 0.1) is 12.1 Å². The zero-order valence-corrected chi connectivity index (χ0v) is 10.6. The van der Waals surface area contributed by atoms with Gasteiger partial charge in [-0.15, -0.1) is 0 Å². The Morgan fingerprint density at radius 3 is 3.00 bits per heavy atom. The maximum absolute atomic E-state index is 12.0. The number of carbonyl (C=O) groups excluding carboxylic acids is 1. The molecule has 1 aliphatic heterocycles. The Kier molecular flexibility index (Phi) is 2.55. The molecule has 4 heteroatoms. The van der Waals surface area contributed by atoms with Crippen LogP contribution in [0.15, 0.2) is 18.2 Å². The van der Waals surface area contributed by atoms with Gasteiger partial charge in [-0.25, -0.2) is 0 Å². The number of fused-ring (bicyclic) bond motifs is 1. The summed E-state index contributed by atoms with van der Waals surface area (Å²) in [6.45, 7) is 1.38. The lowest BCUT2D eigenvalue weighted by molar-refractivity contribution is -0.132. The fourth-order valence-electron chi connectivity index (χ4n) is 2.41. The van der Waals surface area contributed by atoms with Crippen LogP contribution < -0.4 is 10.5 Å². The summed E-state index contributed by atoms with van der Waals surface area (Å²) in [6.07, 6.45) is 2.59. The predicted molar refractivity (Wildman–Crippen MR) is 68.3 cm³/mol. The van der Waals surface area contributed by atoms with Crippen LogP contribution in [0.3, 0.4) is 0 Å². The monoisotopic (exact) mass is 246 g/mol. The first-order valence-corrected chi connectivity index (χ1v) is 6.37. The van der Waals surface area contributed by atoms with Crippen molar-refractivity contribution in [2.45, 2.75) is 31.3 Å². The van der Waals surface area contributed by atoms with Gasteiger partial charge in [0, 0.05) is 20.0 Å². The zero-order valence-electron chi connectivity index (χ0n) is 10.6. The quantitative estimate of drug-likeness (QED) is 0.868. The molecule has 1 aromatic rings. The Hall–Kier alpha value is -1.55. The molecule has 1 heterocycles. The van der Waals surface area contributed by atoms with Gasteiger partial charge in [0.25, 0.3) is 0 Å². The van der Waals surface area contributed by atoms with Crippen molar-refractivity contribution in [3.8, 4) is 5.75 Å². The highest BCUT2D eigenvalue weighted by Gasteiger charge is 2.47. The minimum absolute atomic E-state index is 0.0549. The summed E-state index contributed by atoms with van der Waals surface area (Å²) in [5.41, 5.74) is 7.73. The Morgan fingerprint density at radius 2 is 2.28 bits per heavy atom. The number of amides is 1. The van der Waals surface area contributed by atoms with Crippen molar-refractivity contribution in [3.05, 3.63) is 29.3 Å². The number of nitrogens with zero attached hydrogens (tertiary/aromatic N) is 1. The van der Waals surface area contributed by atoms with Gasteiger partial charge in [0.2, 0.25) is 5.91 Å². The van der Waals surface area contributed by atoms with Crippen LogP contribution >= 0.6 is 0 Å². The summed E-state index contributed by atoms with van der Waals surface area (Å²) >= 11 is 0. The van der Waals surface area contributed by atoms with Gasteiger partial charge in [-0.3, -0.25) is 4.79 Å². The van der Waals surface area contributed by atoms with Gasteiger partial charge in [0.15, 0.2) is 0 Å². The van der Waals surface area contributed by atoms with Crippen LogP contribution in [0.2, 0.25) is 0 Å². The Morgan fingerprint density at radius 1 is 1.50 bits per heavy atom. The van der Waals surface area contributed by atoms with E-state index in [2.05, 4.69) is 6.07 Å². The van der Waals surface area contributed by atoms with E-state index in [0.29, 0.717) is 6.54 Å². The number of likely N-dealkylation sites (N-methyl/N-ethyl adjacent to an activating group) is 1. The van der Waals surface area contributed by atoms with Crippen LogP contribution in [0.25, 0.3) is 0 Å². The third-order valence-electron chi connectivity index (χ3n) is 3.73. The molecule has 96 valence electrons. The van der Waals surface area contributed by atoms with Crippen molar-refractivity contribution >= 4 is 5.91 Å². The average molecular weight is 246 g/mol. The van der Waals surface area contributed by atoms with Crippen molar-refractivity contribution in [2.75, 3.05) is 13.7 Å². The molecule has 0 radical (unpaired) electrons. The molecule has 18 heavy (non-hydrogen) atoms. The molecular weight excluding hydrogens is 228 g/mol. The maximum atomic E-state index is 12.0. The van der Waals surface area contributed by atoms with Gasteiger partial charge in [0.1, 0.15) is 5.75 Å². The molecule has 0 spiro atoms. The molecule has 2 aliphatic rings. The van der Waals surface area contributed by atoms with Crippen molar-refractivity contribution in [1.29, 1.82) is 0 Å². The molecule has 1 amide bonds. The minimum Gasteiger partial charge on any atom is -0.493 e. The van der Waals surface area contributed by atoms with E-state index in [0.717, 1.165) is 37.2 Å². The zero-order chi connectivity index (χ0) is 12.8. The van der Waals surface area contributed by atoms with Crippen LogP contribution in [0.4, 0.5) is 0 Å². The van der Waals surface area contributed by atoms with Crippen LogP contribution in [-0.2, 0) is 17.8 Å². The molecule has 1 aromatic carbocycles. The second kappa shape index (κ2) is 3.99. The van der Waals surface area contributed by atoms with Gasteiger partial charge in [-0.2, -0.15) is 0 Å². The lowest BCUT2D eigenvalue weighted by Crippen LogP contribution is -2.43. The van der Waals surface area contributed by atoms with Crippen LogP contribution in [0, 0.1) is 0 Å². The minimum atomic E-state index is -0.575. The molecule has 3 rings (SSSR count). The van der Waals surface area contributed by atoms with Crippen LogP contribution in [0.1, 0.15) is 24.0 Å². The van der Waals surface area contributed by atoms with Gasteiger partial charge >= 0.3 is 0 Å². The van der Waals surface area contributed by atoms with Crippen LogP contribution in [-0.4, -0.2) is 30.0 Å². The summed E-state index contributed by atoms with van der Waals surface area (Å²) in [4.78, 5) is 13.8. The maximum Gasteiger partial charge on any atom is 0.242 e. The molecule has 1 aliphatic carbocycles. The SMILES string of the molecule is CN(Cc1ccc2c(c1)CCO2)C(=O)C1(N)CC1. The second-order valence-electron chi connectivity index (χ2n) is 5.36. The van der Waals surface area contributed by atoms with E-state index in [9.17, 15) is 4.79 Å². The Bertz CT molecular complexity index is 495. The average Bonchev–Trinajstić information content (AvgIpc) is 2.93. The molecule has 0 unspecified atom stereocenters. The first-order valence-electron chi connectivity index (χ1n) is 6.37. The lowest BCUT2D eigenvalue weighted by Gasteiger charge is -2.21. The number of rotatable bonds is 3. The van der Waals surface area contributed by atoms with Crippen molar-refractivity contribution in [2.24, 2.45) is 5.73 Å². The van der Waals surface area contributed by atoms with E-state index >= 15 is 0 Å². The molecule has 1 saturated carbocycles. The third-order valence-corrected chi connectivity index (χ3v) is 3.73. The lowest BCUT2D eigenvalue weighted by atomic mass is 10.1. The molecule has 0 saturated heterocycles. The van der Waals surface area contributed by atoms with E-state index in [4.69, 9.17) is 10.5 Å². The molecule has 0 aromatic heterocycles. The fraction of sp³-hybridized carbons (Fsp3) is 0.500. The third kappa shape index (κ3) is 1.97. The van der Waals surface area contributed by atoms with Gasteiger partial charge in [-0.1, -0.05) is 12.1 Å². The normalized spacial score (nSPS) is 19.0. The number of benzene rings is 1. The summed E-state index contributed by atoms with van der Waals surface area (Å²) in [6, 6.07) is 6.14. The first kappa shape index (κ1) is 11.5. The highest BCUT2D eigenvalue weighted by Crippen LogP contribution is 2.34. The molecular formula is C14H18N2O2. The first-order chi connectivity index (χ1) is 8.58. The smallest absolute Gasteiger partial charge is 0.242 e. The summed E-state index contributed by atoms with van der Waals surface area (Å²) in [7, 11) is 1.82. The topological polar surface area (TPSA) is 55.6 Å². The van der Waals surface area contributed by atoms with E-state index < -0.39 is 5.54 Å². The summed E-state index contributed by atoms with van der Waals surface area (Å²) < 4.78 is 5.47. The van der Waals surface area contributed by atoms with Crippen LogP contribution in [0.5, 0.6) is 5.75 Å². The molecule has 0 bridgehead atoms. The second-order valence-corrected chi connectivity index (χ2v) is 5.36. The predicted octanol–water partition coefficient (Wildman–Crippen LogP) is 1.07. The molecule has 2 N–H and O–H groups in total. The van der Waals surface area contributed by atoms with Gasteiger partial charge in [-0.05, 0) is 30.0 Å². The standard InChI is InChI=1S/C14H18N2O2/c1-16(13(17)14(15)5-6-14)9-10-2-3-12-11(8-10)4-7-18-12/h2-3,8H,4-7,9,15H2,1H3. The number of ether oxygens (including phenoxy) is 1. The number of hydrogen-bond acceptors (Lipinski definition) is 3. The number of hydrogen-bond donors (Lipinski definition) is 1. The Balaban J connectivity index is 1.71. The van der Waals surface area contributed by atoms with E-state index in [1.807, 2.05) is 19.2 Å². The largest absolute Gasteiger partial charge is 0.493 e. The van der Waals surface area contributed by atoms with E-state index in [1.165, 1.54) is 5.56 Å². The van der Waals surface area contributed by atoms with Gasteiger partial charge < -0.3 is 15.4 Å². The van der Waals surface area contributed by atoms with Crippen molar-refractivity contribution in [1.82, 2.24) is 4.90 Å². The number of nitrogens with two attached hydrogens (primary N) is 1. The molecule has 0 atom stereocenters.